The normalized spacial score (nSPS) is 15.8. The molecule has 0 radical (unpaired) electrons. The number of carbonyl (C=O) groups is 1. The first-order chi connectivity index (χ1) is 17.1. The molecule has 2 aliphatic heterocycles. The molecule has 10 heteroatoms. The molecule has 182 valence electrons. The standard InChI is InChI=1S/C25H28N6O3S/c1-3-4-14-31-20-21(26-24(31)29-12-8-5-9-13-29)27-25(28(2)23(20)33)34-19-11-7-6-10-18(19)22(32)30-15-16-35-17-30/h6-7,10-11H,5,8-9,12-17H2,1-2H3. The first-order valence-corrected chi connectivity index (χ1v) is 13.0. The number of imidazole rings is 1. The number of piperidine rings is 1. The van der Waals surface area contributed by atoms with E-state index >= 15 is 0 Å². The van der Waals surface area contributed by atoms with Crippen LogP contribution in [-0.4, -0.2) is 61.2 Å². The summed E-state index contributed by atoms with van der Waals surface area (Å²) in [7, 11) is 1.62. The maximum atomic E-state index is 13.5. The van der Waals surface area contributed by atoms with Crippen LogP contribution in [0.5, 0.6) is 11.8 Å². The van der Waals surface area contributed by atoms with E-state index in [9.17, 15) is 9.59 Å². The highest BCUT2D eigenvalue weighted by Crippen LogP contribution is 2.28. The van der Waals surface area contributed by atoms with Crippen LogP contribution in [0, 0.1) is 11.8 Å². The Bertz CT molecular complexity index is 1370. The fourth-order valence-electron chi connectivity index (χ4n) is 4.44. The molecule has 0 aliphatic carbocycles. The van der Waals surface area contributed by atoms with E-state index in [0.717, 1.165) is 31.7 Å². The molecule has 35 heavy (non-hydrogen) atoms. The number of hydrogen-bond donors (Lipinski definition) is 0. The van der Waals surface area contributed by atoms with E-state index in [0.29, 0.717) is 47.4 Å². The summed E-state index contributed by atoms with van der Waals surface area (Å²) in [6, 6.07) is 7.16. The highest BCUT2D eigenvalue weighted by Gasteiger charge is 2.26. The Hall–Kier alpha value is -3.45. The van der Waals surface area contributed by atoms with E-state index in [4.69, 9.17) is 9.72 Å². The van der Waals surface area contributed by atoms with E-state index < -0.39 is 0 Å². The quantitative estimate of drug-likeness (QED) is 0.506. The molecule has 0 saturated carbocycles. The van der Waals surface area contributed by atoms with E-state index in [1.807, 2.05) is 4.57 Å². The zero-order chi connectivity index (χ0) is 24.4. The summed E-state index contributed by atoms with van der Waals surface area (Å²) >= 11 is 1.72. The zero-order valence-electron chi connectivity index (χ0n) is 20.0. The Labute approximate surface area is 208 Å². The lowest BCUT2D eigenvalue weighted by atomic mass is 10.1. The van der Waals surface area contributed by atoms with Gasteiger partial charge in [-0.3, -0.25) is 18.7 Å². The maximum absolute atomic E-state index is 13.5. The van der Waals surface area contributed by atoms with E-state index in [-0.39, 0.29) is 17.5 Å². The molecule has 2 aliphatic rings. The maximum Gasteiger partial charge on any atom is 0.306 e. The van der Waals surface area contributed by atoms with Crippen LogP contribution in [0.2, 0.25) is 0 Å². The lowest BCUT2D eigenvalue weighted by molar-refractivity contribution is 0.0800. The van der Waals surface area contributed by atoms with Crippen molar-refractivity contribution in [3.8, 4) is 23.6 Å². The van der Waals surface area contributed by atoms with Crippen LogP contribution in [0.15, 0.2) is 29.1 Å². The molecular formula is C25H28N6O3S. The number of para-hydroxylation sites is 1. The number of nitrogens with zero attached hydrogens (tertiary/aromatic N) is 6. The van der Waals surface area contributed by atoms with Crippen molar-refractivity contribution in [1.82, 2.24) is 24.0 Å². The molecule has 2 aromatic heterocycles. The first-order valence-electron chi connectivity index (χ1n) is 11.8. The number of hydrogen-bond acceptors (Lipinski definition) is 7. The Kier molecular flexibility index (Phi) is 6.68. The van der Waals surface area contributed by atoms with E-state index in [1.54, 1.807) is 54.9 Å². The Balaban J connectivity index is 1.56. The topological polar surface area (TPSA) is 85.5 Å². The number of benzene rings is 1. The smallest absolute Gasteiger partial charge is 0.306 e. The largest absolute Gasteiger partial charge is 0.425 e. The molecule has 0 bridgehead atoms. The minimum absolute atomic E-state index is 0.0912. The summed E-state index contributed by atoms with van der Waals surface area (Å²) < 4.78 is 9.32. The van der Waals surface area contributed by atoms with Gasteiger partial charge in [0.25, 0.3) is 11.5 Å². The van der Waals surface area contributed by atoms with Gasteiger partial charge in [0.2, 0.25) is 5.95 Å². The number of ether oxygens (including phenoxy) is 1. The van der Waals surface area contributed by atoms with Gasteiger partial charge in [0.15, 0.2) is 11.2 Å². The molecule has 4 heterocycles. The van der Waals surface area contributed by atoms with Crippen molar-refractivity contribution in [2.45, 2.75) is 32.7 Å². The number of fused-ring (bicyclic) bond motifs is 1. The second kappa shape index (κ2) is 10.0. The number of amides is 1. The van der Waals surface area contributed by atoms with Crippen molar-refractivity contribution in [3.05, 3.63) is 40.2 Å². The van der Waals surface area contributed by atoms with Gasteiger partial charge in [-0.2, -0.15) is 9.97 Å². The summed E-state index contributed by atoms with van der Waals surface area (Å²) in [4.78, 5) is 39.9. The SMILES string of the molecule is CC#CCn1c(N2CCCCC2)nc2nc(Oc3ccccc3C(=O)N3CCSC3)n(C)c(=O)c21. The monoisotopic (exact) mass is 492 g/mol. The van der Waals surface area contributed by atoms with E-state index in [2.05, 4.69) is 21.7 Å². The van der Waals surface area contributed by atoms with Gasteiger partial charge in [0.1, 0.15) is 5.75 Å². The van der Waals surface area contributed by atoms with Gasteiger partial charge in [-0.05, 0) is 38.3 Å². The lowest BCUT2D eigenvalue weighted by Gasteiger charge is -2.27. The predicted molar refractivity (Wildman–Crippen MR) is 137 cm³/mol. The minimum atomic E-state index is -0.265. The summed E-state index contributed by atoms with van der Waals surface area (Å²) in [6.45, 7) is 4.62. The number of thioether (sulfide) groups is 1. The molecule has 2 fully saturated rings. The first kappa shape index (κ1) is 23.3. The van der Waals surface area contributed by atoms with Crippen molar-refractivity contribution in [3.63, 3.8) is 0 Å². The number of aromatic nitrogens is 4. The summed E-state index contributed by atoms with van der Waals surface area (Å²) in [5.41, 5.74) is 0.906. The van der Waals surface area contributed by atoms with Crippen LogP contribution in [0.3, 0.4) is 0 Å². The molecule has 5 rings (SSSR count). The minimum Gasteiger partial charge on any atom is -0.425 e. The summed E-state index contributed by atoms with van der Waals surface area (Å²) in [6.07, 6.45) is 3.36. The number of anilines is 1. The second-order valence-electron chi connectivity index (χ2n) is 8.61. The van der Waals surface area contributed by atoms with Gasteiger partial charge in [0.05, 0.1) is 18.0 Å². The Morgan fingerprint density at radius 3 is 2.69 bits per heavy atom. The molecular weight excluding hydrogens is 464 g/mol. The van der Waals surface area contributed by atoms with Crippen molar-refractivity contribution in [1.29, 1.82) is 0 Å². The van der Waals surface area contributed by atoms with Crippen molar-refractivity contribution in [2.75, 3.05) is 36.2 Å². The third-order valence-corrected chi connectivity index (χ3v) is 7.30. The highest BCUT2D eigenvalue weighted by molar-refractivity contribution is 7.99. The fraction of sp³-hybridized carbons (Fsp3) is 0.440. The van der Waals surface area contributed by atoms with Crippen LogP contribution < -0.4 is 15.2 Å². The van der Waals surface area contributed by atoms with Crippen molar-refractivity contribution >= 4 is 34.8 Å². The average Bonchev–Trinajstić information content (AvgIpc) is 3.55. The third-order valence-electron chi connectivity index (χ3n) is 6.34. The highest BCUT2D eigenvalue weighted by atomic mass is 32.2. The Morgan fingerprint density at radius 2 is 1.94 bits per heavy atom. The van der Waals surface area contributed by atoms with Gasteiger partial charge in [-0.1, -0.05) is 18.1 Å². The molecule has 2 saturated heterocycles. The van der Waals surface area contributed by atoms with Crippen LogP contribution in [0.25, 0.3) is 11.2 Å². The molecule has 0 unspecified atom stereocenters. The number of carbonyl (C=O) groups excluding carboxylic acids is 1. The van der Waals surface area contributed by atoms with Crippen LogP contribution in [0.1, 0.15) is 36.5 Å². The molecule has 0 atom stereocenters. The number of rotatable bonds is 5. The third kappa shape index (κ3) is 4.48. The van der Waals surface area contributed by atoms with Crippen molar-refractivity contribution in [2.24, 2.45) is 7.05 Å². The molecule has 0 spiro atoms. The molecule has 3 aromatic rings. The molecule has 9 nitrogen and oxygen atoms in total. The summed E-state index contributed by atoms with van der Waals surface area (Å²) in [5.74, 6) is 8.55. The molecule has 1 aromatic carbocycles. The fourth-order valence-corrected chi connectivity index (χ4v) is 5.38. The van der Waals surface area contributed by atoms with Gasteiger partial charge in [-0.15, -0.1) is 17.7 Å². The van der Waals surface area contributed by atoms with Crippen LogP contribution in [-0.2, 0) is 13.6 Å². The van der Waals surface area contributed by atoms with E-state index in [1.165, 1.54) is 11.0 Å². The molecule has 1 amide bonds. The predicted octanol–water partition coefficient (Wildman–Crippen LogP) is 3.08. The average molecular weight is 493 g/mol. The van der Waals surface area contributed by atoms with Gasteiger partial charge in [-0.25, -0.2) is 0 Å². The van der Waals surface area contributed by atoms with Gasteiger partial charge in [0, 0.05) is 32.4 Å². The van der Waals surface area contributed by atoms with Crippen molar-refractivity contribution < 1.29 is 9.53 Å². The van der Waals surface area contributed by atoms with Crippen LogP contribution >= 0.6 is 11.8 Å². The zero-order valence-corrected chi connectivity index (χ0v) is 20.8. The molecule has 0 N–H and O–H groups in total. The van der Waals surface area contributed by atoms with Crippen LogP contribution in [0.4, 0.5) is 5.95 Å². The lowest BCUT2D eigenvalue weighted by Crippen LogP contribution is -2.32. The van der Waals surface area contributed by atoms with Gasteiger partial charge < -0.3 is 14.5 Å². The Morgan fingerprint density at radius 1 is 1.14 bits per heavy atom. The summed E-state index contributed by atoms with van der Waals surface area (Å²) in [5, 5.41) is 0. The second-order valence-corrected chi connectivity index (χ2v) is 9.68. The van der Waals surface area contributed by atoms with Gasteiger partial charge >= 0.3 is 6.01 Å².